The van der Waals surface area contributed by atoms with E-state index in [1.807, 2.05) is 35.2 Å². The number of nitrogens with two attached hydrogens (primary N) is 1. The van der Waals surface area contributed by atoms with E-state index in [-0.39, 0.29) is 5.78 Å². The van der Waals surface area contributed by atoms with Crippen LogP contribution in [0.25, 0.3) is 0 Å². The quantitative estimate of drug-likeness (QED) is 0.878. The van der Waals surface area contributed by atoms with E-state index < -0.39 is 6.04 Å². The van der Waals surface area contributed by atoms with Crippen LogP contribution in [-0.2, 0) is 17.8 Å². The average molecular weight is 249 g/mol. The van der Waals surface area contributed by atoms with Gasteiger partial charge in [-0.15, -0.1) is 11.3 Å². The minimum atomic E-state index is -0.531. The number of Topliss-reactive ketones (excluding diaryl/α,β-unsaturated/α-hetero) is 1. The highest BCUT2D eigenvalue weighted by atomic mass is 32.1. The topological polar surface area (TPSA) is 60.9 Å². The molecular weight excluding hydrogens is 234 g/mol. The summed E-state index contributed by atoms with van der Waals surface area (Å²) in [5.41, 5.74) is 5.91. The van der Waals surface area contributed by atoms with Crippen molar-refractivity contribution in [3.8, 4) is 0 Å². The van der Waals surface area contributed by atoms with Crippen LogP contribution < -0.4 is 5.73 Å². The van der Waals surface area contributed by atoms with Gasteiger partial charge in [-0.1, -0.05) is 6.07 Å². The Morgan fingerprint density at radius 3 is 3.12 bits per heavy atom. The van der Waals surface area contributed by atoms with E-state index in [2.05, 4.69) is 4.98 Å². The molecule has 2 N–H and O–H groups in total. The van der Waals surface area contributed by atoms with Gasteiger partial charge in [-0.2, -0.15) is 0 Å². The smallest absolute Gasteiger partial charge is 0.162 e. The molecule has 90 valence electrons. The number of aromatic nitrogens is 2. The van der Waals surface area contributed by atoms with E-state index in [4.69, 9.17) is 5.73 Å². The van der Waals surface area contributed by atoms with Crippen LogP contribution >= 0.6 is 11.3 Å². The normalized spacial score (nSPS) is 12.6. The van der Waals surface area contributed by atoms with Gasteiger partial charge in [0.15, 0.2) is 5.78 Å². The first-order valence-corrected chi connectivity index (χ1v) is 6.42. The zero-order valence-electron chi connectivity index (χ0n) is 9.67. The summed E-state index contributed by atoms with van der Waals surface area (Å²) in [6.07, 6.45) is 3.88. The molecule has 2 heterocycles. The van der Waals surface area contributed by atoms with E-state index in [1.165, 1.54) is 11.3 Å². The highest BCUT2D eigenvalue weighted by molar-refractivity contribution is 7.10. The van der Waals surface area contributed by atoms with Gasteiger partial charge in [0, 0.05) is 23.8 Å². The second-order valence-electron chi connectivity index (χ2n) is 3.77. The second-order valence-corrected chi connectivity index (χ2v) is 4.74. The number of carbonyl (C=O) groups is 1. The molecule has 0 radical (unpaired) electrons. The summed E-state index contributed by atoms with van der Waals surface area (Å²) in [7, 11) is 0. The van der Waals surface area contributed by atoms with Gasteiger partial charge in [0.25, 0.3) is 0 Å². The first-order valence-electron chi connectivity index (χ1n) is 5.54. The summed E-state index contributed by atoms with van der Waals surface area (Å²) in [4.78, 5) is 17.1. The molecule has 0 saturated heterocycles. The molecule has 0 aromatic carbocycles. The van der Waals surface area contributed by atoms with Crippen LogP contribution in [0.2, 0.25) is 0 Å². The third-order valence-corrected chi connectivity index (χ3v) is 3.63. The van der Waals surface area contributed by atoms with Crippen molar-refractivity contribution in [1.29, 1.82) is 0 Å². The number of thiophene rings is 1. The van der Waals surface area contributed by atoms with Crippen molar-refractivity contribution in [2.75, 3.05) is 0 Å². The molecule has 2 rings (SSSR count). The lowest BCUT2D eigenvalue weighted by atomic mass is 10.1. The summed E-state index contributed by atoms with van der Waals surface area (Å²) in [6, 6.07) is 3.26. The highest BCUT2D eigenvalue weighted by Gasteiger charge is 2.18. The number of hydrogen-bond donors (Lipinski definition) is 1. The van der Waals surface area contributed by atoms with E-state index >= 15 is 0 Å². The first-order chi connectivity index (χ1) is 8.22. The molecule has 4 nitrogen and oxygen atoms in total. The number of aryl methyl sites for hydroxylation is 1. The Morgan fingerprint density at radius 2 is 2.47 bits per heavy atom. The van der Waals surface area contributed by atoms with Gasteiger partial charge < -0.3 is 10.3 Å². The molecule has 1 atom stereocenters. The standard InChI is InChI=1S/C12H15N3OS/c1-2-15-6-5-14-11(15)8-9(16)12(13)10-4-3-7-17-10/h3-7,12H,2,8,13H2,1H3. The van der Waals surface area contributed by atoms with Gasteiger partial charge in [0.2, 0.25) is 0 Å². The Kier molecular flexibility index (Phi) is 3.71. The predicted octanol–water partition coefficient (Wildman–Crippen LogP) is 1.78. The Morgan fingerprint density at radius 1 is 1.65 bits per heavy atom. The van der Waals surface area contributed by atoms with Crippen molar-refractivity contribution >= 4 is 17.1 Å². The Hall–Kier alpha value is -1.46. The van der Waals surface area contributed by atoms with Gasteiger partial charge in [-0.05, 0) is 18.4 Å². The lowest BCUT2D eigenvalue weighted by Crippen LogP contribution is -2.23. The maximum atomic E-state index is 12.0. The van der Waals surface area contributed by atoms with E-state index in [0.717, 1.165) is 17.2 Å². The molecule has 0 amide bonds. The van der Waals surface area contributed by atoms with Crippen molar-refractivity contribution in [1.82, 2.24) is 9.55 Å². The minimum Gasteiger partial charge on any atom is -0.335 e. The Bertz CT molecular complexity index is 490. The SMILES string of the molecule is CCn1ccnc1CC(=O)C(N)c1cccs1. The predicted molar refractivity (Wildman–Crippen MR) is 67.9 cm³/mol. The van der Waals surface area contributed by atoms with Crippen LogP contribution in [0.5, 0.6) is 0 Å². The number of ketones is 1. The fourth-order valence-electron chi connectivity index (χ4n) is 1.69. The van der Waals surface area contributed by atoms with Crippen molar-refractivity contribution < 1.29 is 4.79 Å². The van der Waals surface area contributed by atoms with Crippen molar-refractivity contribution in [3.05, 3.63) is 40.6 Å². The summed E-state index contributed by atoms with van der Waals surface area (Å²) in [5.74, 6) is 0.790. The monoisotopic (exact) mass is 249 g/mol. The number of rotatable bonds is 5. The van der Waals surface area contributed by atoms with Gasteiger partial charge in [0.05, 0.1) is 12.5 Å². The largest absolute Gasteiger partial charge is 0.335 e. The molecule has 0 aliphatic rings. The average Bonchev–Trinajstić information content (AvgIpc) is 2.98. The zero-order valence-corrected chi connectivity index (χ0v) is 10.5. The van der Waals surface area contributed by atoms with Crippen molar-refractivity contribution in [2.24, 2.45) is 5.73 Å². The molecule has 17 heavy (non-hydrogen) atoms. The van der Waals surface area contributed by atoms with Gasteiger partial charge >= 0.3 is 0 Å². The van der Waals surface area contributed by atoms with Crippen LogP contribution in [0, 0.1) is 0 Å². The summed E-state index contributed by atoms with van der Waals surface area (Å²) >= 11 is 1.51. The maximum absolute atomic E-state index is 12.0. The van der Waals surface area contributed by atoms with E-state index in [0.29, 0.717) is 6.42 Å². The molecule has 0 aliphatic heterocycles. The fraction of sp³-hybridized carbons (Fsp3) is 0.333. The number of hydrogen-bond acceptors (Lipinski definition) is 4. The summed E-state index contributed by atoms with van der Waals surface area (Å²) in [6.45, 7) is 2.84. The van der Waals surface area contributed by atoms with Crippen LogP contribution in [0.1, 0.15) is 23.7 Å². The molecule has 2 aromatic rings. The molecule has 5 heteroatoms. The lowest BCUT2D eigenvalue weighted by Gasteiger charge is -2.09. The van der Waals surface area contributed by atoms with Crippen molar-refractivity contribution in [3.63, 3.8) is 0 Å². The Labute approximate surface area is 104 Å². The van der Waals surface area contributed by atoms with Crippen LogP contribution in [0.4, 0.5) is 0 Å². The second kappa shape index (κ2) is 5.25. The number of imidazole rings is 1. The van der Waals surface area contributed by atoms with Crippen LogP contribution in [-0.4, -0.2) is 15.3 Å². The third-order valence-electron chi connectivity index (χ3n) is 2.67. The van der Waals surface area contributed by atoms with Gasteiger partial charge in [-0.3, -0.25) is 4.79 Å². The molecular formula is C12H15N3OS. The molecule has 0 aliphatic carbocycles. The van der Waals surface area contributed by atoms with Crippen molar-refractivity contribution in [2.45, 2.75) is 25.9 Å². The minimum absolute atomic E-state index is 0.00773. The number of carbonyl (C=O) groups excluding carboxylic acids is 1. The van der Waals surface area contributed by atoms with E-state index in [9.17, 15) is 4.79 Å². The number of nitrogens with zero attached hydrogens (tertiary/aromatic N) is 2. The van der Waals surface area contributed by atoms with Crippen LogP contribution in [0.15, 0.2) is 29.9 Å². The van der Waals surface area contributed by atoms with Gasteiger partial charge in [0.1, 0.15) is 5.82 Å². The fourth-order valence-corrected chi connectivity index (χ4v) is 2.44. The molecule has 2 aromatic heterocycles. The third kappa shape index (κ3) is 2.62. The molecule has 0 fully saturated rings. The molecule has 0 bridgehead atoms. The first kappa shape index (κ1) is 12.0. The molecule has 0 saturated carbocycles. The molecule has 1 unspecified atom stereocenters. The molecule has 0 spiro atoms. The van der Waals surface area contributed by atoms with Crippen LogP contribution in [0.3, 0.4) is 0 Å². The van der Waals surface area contributed by atoms with E-state index in [1.54, 1.807) is 6.20 Å². The zero-order chi connectivity index (χ0) is 12.3. The summed E-state index contributed by atoms with van der Waals surface area (Å²) in [5, 5.41) is 1.93. The highest BCUT2D eigenvalue weighted by Crippen LogP contribution is 2.18. The maximum Gasteiger partial charge on any atom is 0.162 e. The Balaban J connectivity index is 2.07. The lowest BCUT2D eigenvalue weighted by molar-refractivity contribution is -0.119. The summed E-state index contributed by atoms with van der Waals surface area (Å²) < 4.78 is 1.96. The van der Waals surface area contributed by atoms with Gasteiger partial charge in [-0.25, -0.2) is 4.98 Å².